The normalized spacial score (nSPS) is 25.9. The third-order valence-corrected chi connectivity index (χ3v) is 9.69. The monoisotopic (exact) mass is 608 g/mol. The summed E-state index contributed by atoms with van der Waals surface area (Å²) in [6.45, 7) is 9.08. The standard InChI is InChI=1S/C35H45ClN2O5/c1-34(2)29(27-10-4-3-5-11-27)12-8-17-35(34,43-21-9-18-37-20-16-28(39)24-37)25-42-32-15-14-26(22-30(32)36)23-38-19-7-6-13-31(38)33(40)41/h3-5,8,10-12,14-15,17,22,28,31,39H,6-7,9,13,16,18-21,23-25H2,1-2H3,(H,40,41)/t28-,31+,35?/m1/s1. The Morgan fingerprint density at radius 2 is 1.91 bits per heavy atom. The summed E-state index contributed by atoms with van der Waals surface area (Å²) in [6, 6.07) is 15.7. The van der Waals surface area contributed by atoms with Crippen molar-refractivity contribution in [3.63, 3.8) is 0 Å². The number of carboxylic acids is 1. The number of aliphatic hydroxyl groups is 1. The van der Waals surface area contributed by atoms with Crippen LogP contribution in [0.2, 0.25) is 5.02 Å². The minimum Gasteiger partial charge on any atom is -0.489 e. The van der Waals surface area contributed by atoms with E-state index in [4.69, 9.17) is 21.1 Å². The summed E-state index contributed by atoms with van der Waals surface area (Å²) in [4.78, 5) is 16.1. The molecule has 43 heavy (non-hydrogen) atoms. The van der Waals surface area contributed by atoms with Crippen LogP contribution in [0.15, 0.2) is 66.8 Å². The number of halogens is 1. The second-order valence-corrected chi connectivity index (χ2v) is 13.0. The second-order valence-electron chi connectivity index (χ2n) is 12.6. The van der Waals surface area contributed by atoms with Gasteiger partial charge < -0.3 is 24.6 Å². The number of hydrogen-bond donors (Lipinski definition) is 2. The summed E-state index contributed by atoms with van der Waals surface area (Å²) in [6.07, 6.45) is 10.4. The molecule has 0 amide bonds. The summed E-state index contributed by atoms with van der Waals surface area (Å²) < 4.78 is 13.3. The molecule has 2 fully saturated rings. The Morgan fingerprint density at radius 3 is 2.63 bits per heavy atom. The number of carbonyl (C=O) groups is 1. The lowest BCUT2D eigenvalue weighted by molar-refractivity contribution is -0.144. The fraction of sp³-hybridized carbons (Fsp3) is 0.514. The van der Waals surface area contributed by atoms with Gasteiger partial charge in [0.15, 0.2) is 0 Å². The van der Waals surface area contributed by atoms with Gasteiger partial charge in [0.1, 0.15) is 24.0 Å². The molecule has 3 aliphatic rings. The van der Waals surface area contributed by atoms with Crippen molar-refractivity contribution in [2.24, 2.45) is 5.41 Å². The van der Waals surface area contributed by atoms with Crippen LogP contribution in [0.25, 0.3) is 5.57 Å². The highest BCUT2D eigenvalue weighted by atomic mass is 35.5. The Balaban J connectivity index is 1.31. The molecule has 1 unspecified atom stereocenters. The van der Waals surface area contributed by atoms with Crippen LogP contribution in [0.3, 0.4) is 0 Å². The van der Waals surface area contributed by atoms with Crippen molar-refractivity contribution >= 4 is 23.1 Å². The molecule has 0 aromatic heterocycles. The molecule has 232 valence electrons. The molecule has 8 heteroatoms. The first-order chi connectivity index (χ1) is 20.7. The number of aliphatic hydroxyl groups excluding tert-OH is 1. The van der Waals surface area contributed by atoms with Gasteiger partial charge in [-0.05, 0) is 67.1 Å². The van der Waals surface area contributed by atoms with Crippen LogP contribution in [0, 0.1) is 5.41 Å². The number of allylic oxidation sites excluding steroid dienone is 2. The van der Waals surface area contributed by atoms with Crippen LogP contribution in [0.4, 0.5) is 0 Å². The van der Waals surface area contributed by atoms with Crippen molar-refractivity contribution in [1.29, 1.82) is 0 Å². The SMILES string of the molecule is CC1(C)C(c2ccccc2)=CC=CC1(COc1ccc(CN2CCCC[C@H]2C(=O)O)cc1Cl)OCCCN1CC[C@@H](O)C1. The molecule has 0 saturated carbocycles. The largest absolute Gasteiger partial charge is 0.489 e. The Morgan fingerprint density at radius 1 is 1.09 bits per heavy atom. The summed E-state index contributed by atoms with van der Waals surface area (Å²) in [5.74, 6) is -0.186. The minimum absolute atomic E-state index is 0.228. The van der Waals surface area contributed by atoms with Gasteiger partial charge in [-0.3, -0.25) is 9.69 Å². The molecule has 5 rings (SSSR count). The van der Waals surface area contributed by atoms with E-state index < -0.39 is 23.0 Å². The number of benzene rings is 2. The van der Waals surface area contributed by atoms with E-state index in [1.807, 2.05) is 29.2 Å². The third kappa shape index (κ3) is 7.35. The second kappa shape index (κ2) is 14.0. The van der Waals surface area contributed by atoms with E-state index in [0.29, 0.717) is 30.3 Å². The zero-order valence-corrected chi connectivity index (χ0v) is 26.1. The molecular formula is C35H45ClN2O5. The number of aliphatic carboxylic acids is 1. The van der Waals surface area contributed by atoms with Crippen molar-refractivity contribution in [2.45, 2.75) is 70.2 Å². The molecule has 0 radical (unpaired) electrons. The highest BCUT2D eigenvalue weighted by Crippen LogP contribution is 2.49. The number of carboxylic acid groups (broad SMARTS) is 1. The van der Waals surface area contributed by atoms with E-state index >= 15 is 0 Å². The molecule has 2 aromatic carbocycles. The van der Waals surface area contributed by atoms with E-state index in [1.54, 1.807) is 0 Å². The van der Waals surface area contributed by atoms with Gasteiger partial charge in [-0.1, -0.05) is 80.4 Å². The summed E-state index contributed by atoms with van der Waals surface area (Å²) in [5.41, 5.74) is 2.13. The van der Waals surface area contributed by atoms with Crippen molar-refractivity contribution in [1.82, 2.24) is 9.80 Å². The highest BCUT2D eigenvalue weighted by Gasteiger charge is 2.49. The molecule has 3 atom stereocenters. The lowest BCUT2D eigenvalue weighted by Crippen LogP contribution is -2.52. The van der Waals surface area contributed by atoms with Crippen LogP contribution in [0.1, 0.15) is 57.1 Å². The Hall–Kier alpha value is -2.68. The van der Waals surface area contributed by atoms with Crippen LogP contribution in [-0.4, -0.2) is 83.1 Å². The predicted molar refractivity (Wildman–Crippen MR) is 170 cm³/mol. The first kappa shape index (κ1) is 31.7. The van der Waals surface area contributed by atoms with Gasteiger partial charge in [0.05, 0.1) is 11.1 Å². The quantitative estimate of drug-likeness (QED) is 0.284. The van der Waals surface area contributed by atoms with Crippen LogP contribution in [-0.2, 0) is 16.1 Å². The van der Waals surface area contributed by atoms with E-state index in [1.165, 1.54) is 5.57 Å². The van der Waals surface area contributed by atoms with Gasteiger partial charge in [0.25, 0.3) is 0 Å². The Bertz CT molecular complexity index is 1310. The number of rotatable bonds is 12. The Kier molecular flexibility index (Phi) is 10.3. The van der Waals surface area contributed by atoms with Crippen molar-refractivity contribution in [3.05, 3.63) is 82.9 Å². The number of ether oxygens (including phenoxy) is 2. The van der Waals surface area contributed by atoms with Crippen LogP contribution >= 0.6 is 11.6 Å². The molecule has 7 nitrogen and oxygen atoms in total. The number of likely N-dealkylation sites (tertiary alicyclic amines) is 2. The van der Waals surface area contributed by atoms with Gasteiger partial charge >= 0.3 is 5.97 Å². The number of hydrogen-bond acceptors (Lipinski definition) is 6. The zero-order valence-electron chi connectivity index (χ0n) is 25.4. The van der Waals surface area contributed by atoms with Crippen LogP contribution in [0.5, 0.6) is 5.75 Å². The minimum atomic E-state index is -0.763. The molecule has 0 spiro atoms. The van der Waals surface area contributed by atoms with E-state index in [9.17, 15) is 15.0 Å². The van der Waals surface area contributed by atoms with Crippen molar-refractivity contribution in [3.8, 4) is 5.75 Å². The van der Waals surface area contributed by atoms with Gasteiger partial charge in [-0.2, -0.15) is 0 Å². The number of β-amino-alcohol motifs (C(OH)–C–C–N with tert-alkyl or cyclic N) is 1. The topological polar surface area (TPSA) is 82.5 Å². The molecule has 2 aromatic rings. The van der Waals surface area contributed by atoms with Gasteiger partial charge in [0, 0.05) is 38.2 Å². The van der Waals surface area contributed by atoms with Crippen molar-refractivity contribution < 1.29 is 24.5 Å². The maximum absolute atomic E-state index is 11.8. The smallest absolute Gasteiger partial charge is 0.320 e. The third-order valence-electron chi connectivity index (χ3n) is 9.39. The van der Waals surface area contributed by atoms with Gasteiger partial charge in [-0.15, -0.1) is 0 Å². The molecule has 0 bridgehead atoms. The van der Waals surface area contributed by atoms with E-state index in [2.05, 4.69) is 61.2 Å². The molecule has 2 N–H and O–H groups in total. The predicted octanol–water partition coefficient (Wildman–Crippen LogP) is 6.05. The van der Waals surface area contributed by atoms with Gasteiger partial charge in [-0.25, -0.2) is 0 Å². The van der Waals surface area contributed by atoms with Gasteiger partial charge in [0.2, 0.25) is 0 Å². The maximum Gasteiger partial charge on any atom is 0.320 e. The molecule has 2 heterocycles. The molecule has 2 saturated heterocycles. The lowest BCUT2D eigenvalue weighted by atomic mass is 9.65. The summed E-state index contributed by atoms with van der Waals surface area (Å²) in [7, 11) is 0. The molecule has 2 aliphatic heterocycles. The fourth-order valence-electron chi connectivity index (χ4n) is 6.71. The highest BCUT2D eigenvalue weighted by molar-refractivity contribution is 6.32. The number of nitrogens with zero attached hydrogens (tertiary/aromatic N) is 2. The molecule has 1 aliphatic carbocycles. The van der Waals surface area contributed by atoms with Crippen LogP contribution < -0.4 is 4.74 Å². The first-order valence-corrected chi connectivity index (χ1v) is 15.9. The summed E-state index contributed by atoms with van der Waals surface area (Å²) in [5, 5.41) is 20.1. The Labute approximate surface area is 260 Å². The zero-order chi connectivity index (χ0) is 30.5. The molecular weight excluding hydrogens is 564 g/mol. The van der Waals surface area contributed by atoms with E-state index in [-0.39, 0.29) is 12.7 Å². The average molecular weight is 609 g/mol. The van der Waals surface area contributed by atoms with E-state index in [0.717, 1.165) is 63.0 Å². The lowest BCUT2D eigenvalue weighted by Gasteiger charge is -2.47. The average Bonchev–Trinajstić information content (AvgIpc) is 3.41. The first-order valence-electron chi connectivity index (χ1n) is 15.6. The number of piperidine rings is 1. The summed E-state index contributed by atoms with van der Waals surface area (Å²) >= 11 is 6.76. The van der Waals surface area contributed by atoms with Crippen molar-refractivity contribution in [2.75, 3.05) is 39.4 Å². The maximum atomic E-state index is 11.8. The fourth-order valence-corrected chi connectivity index (χ4v) is 6.97.